The first kappa shape index (κ1) is 22.1. The normalized spacial score (nSPS) is 28.4. The summed E-state index contributed by atoms with van der Waals surface area (Å²) in [6.07, 6.45) is 0. The van der Waals surface area contributed by atoms with Gasteiger partial charge in [-0.2, -0.15) is 0 Å². The van der Waals surface area contributed by atoms with Crippen LogP contribution in [0.3, 0.4) is 0 Å². The number of halogens is 3. The van der Waals surface area contributed by atoms with E-state index in [0.717, 1.165) is 30.7 Å². The minimum absolute atomic E-state index is 0.400. The molecule has 1 saturated heterocycles. The second-order valence-electron chi connectivity index (χ2n) is 8.79. The van der Waals surface area contributed by atoms with E-state index in [4.69, 9.17) is 23.2 Å². The predicted octanol–water partition coefficient (Wildman–Crippen LogP) is 4.82. The van der Waals surface area contributed by atoms with Gasteiger partial charge in [0.15, 0.2) is 0 Å². The number of benzene rings is 3. The molecule has 3 aliphatic carbocycles. The van der Waals surface area contributed by atoms with E-state index in [-0.39, 0.29) is 0 Å². The Morgan fingerprint density at radius 2 is 1.21 bits per heavy atom. The number of likely N-dealkylation sites (tertiary alicyclic amines) is 1. The number of imide groups is 1. The molecular weight excluding hydrogens is 586 g/mol. The van der Waals surface area contributed by atoms with Crippen LogP contribution in [0.25, 0.3) is 0 Å². The second-order valence-corrected chi connectivity index (χ2v) is 11.2. The van der Waals surface area contributed by atoms with Crippen LogP contribution in [0.15, 0.2) is 72.8 Å². The molecule has 2 atom stereocenters. The molecule has 0 saturated carbocycles. The number of anilines is 1. The molecule has 0 unspecified atom stereocenters. The van der Waals surface area contributed by atoms with Crippen LogP contribution in [0.2, 0.25) is 0 Å². The van der Waals surface area contributed by atoms with E-state index in [1.54, 1.807) is 12.1 Å². The number of nitrogens with zero attached hydrogens (tertiary/aromatic N) is 1. The molecule has 1 heterocycles. The molecular formula is C26H17Cl2IN2O3. The van der Waals surface area contributed by atoms with E-state index >= 15 is 0 Å². The average molecular weight is 603 g/mol. The third-order valence-electron chi connectivity index (χ3n) is 7.11. The van der Waals surface area contributed by atoms with Crippen molar-refractivity contribution in [2.24, 2.45) is 11.8 Å². The molecule has 0 aromatic heterocycles. The zero-order valence-corrected chi connectivity index (χ0v) is 21.3. The van der Waals surface area contributed by atoms with Crippen LogP contribution in [-0.4, -0.2) is 29.2 Å². The fraction of sp³-hybridized carbons (Fsp3) is 0.192. The smallest absolute Gasteiger partial charge is 0.244 e. The van der Waals surface area contributed by atoms with Crippen molar-refractivity contribution in [3.8, 4) is 0 Å². The summed E-state index contributed by atoms with van der Waals surface area (Å²) in [4.78, 5) is 38.8. The van der Waals surface area contributed by atoms with Crippen molar-refractivity contribution in [1.82, 2.24) is 4.90 Å². The molecule has 0 spiro atoms. The lowest BCUT2D eigenvalue weighted by Gasteiger charge is -2.54. The highest BCUT2D eigenvalue weighted by Gasteiger charge is 2.73. The van der Waals surface area contributed by atoms with Crippen molar-refractivity contribution in [2.45, 2.75) is 9.75 Å². The average Bonchev–Trinajstić information content (AvgIpc) is 3.10. The zero-order chi connectivity index (χ0) is 23.8. The van der Waals surface area contributed by atoms with Crippen molar-refractivity contribution in [1.29, 1.82) is 0 Å². The van der Waals surface area contributed by atoms with Crippen LogP contribution in [0.4, 0.5) is 5.69 Å². The Kier molecular flexibility index (Phi) is 4.89. The van der Waals surface area contributed by atoms with Gasteiger partial charge in [0.2, 0.25) is 17.7 Å². The number of hydrogen-bond donors (Lipinski definition) is 1. The van der Waals surface area contributed by atoms with E-state index in [1.807, 2.05) is 60.7 Å². The van der Waals surface area contributed by atoms with Gasteiger partial charge in [0.05, 0.1) is 11.8 Å². The lowest BCUT2D eigenvalue weighted by Crippen LogP contribution is -2.57. The van der Waals surface area contributed by atoms with Gasteiger partial charge in [-0.15, -0.1) is 23.2 Å². The van der Waals surface area contributed by atoms with Gasteiger partial charge < -0.3 is 5.32 Å². The van der Waals surface area contributed by atoms with Crippen molar-refractivity contribution >= 4 is 69.2 Å². The highest BCUT2D eigenvalue weighted by Crippen LogP contribution is 2.69. The van der Waals surface area contributed by atoms with Gasteiger partial charge in [0, 0.05) is 9.26 Å². The zero-order valence-electron chi connectivity index (χ0n) is 17.6. The third-order valence-corrected chi connectivity index (χ3v) is 9.11. The summed E-state index contributed by atoms with van der Waals surface area (Å²) in [5.74, 6) is -3.23. The number of amides is 3. The number of nitrogens with one attached hydrogen (secondary N) is 1. The van der Waals surface area contributed by atoms with Crippen molar-refractivity contribution < 1.29 is 14.4 Å². The minimum atomic E-state index is -1.25. The topological polar surface area (TPSA) is 66.5 Å². The Morgan fingerprint density at radius 3 is 1.62 bits per heavy atom. The monoisotopic (exact) mass is 602 g/mol. The maximum absolute atomic E-state index is 13.7. The predicted molar refractivity (Wildman–Crippen MR) is 138 cm³/mol. The van der Waals surface area contributed by atoms with E-state index in [2.05, 4.69) is 27.9 Å². The number of alkyl halides is 2. The maximum atomic E-state index is 13.7. The Hall–Kier alpha value is -2.42. The van der Waals surface area contributed by atoms with Gasteiger partial charge in [0.25, 0.3) is 0 Å². The molecule has 4 aliphatic rings. The maximum Gasteiger partial charge on any atom is 0.244 e. The summed E-state index contributed by atoms with van der Waals surface area (Å²) in [7, 11) is 0. The number of carbonyl (C=O) groups is 3. The molecule has 1 fully saturated rings. The molecule has 3 aromatic carbocycles. The molecule has 34 heavy (non-hydrogen) atoms. The standard InChI is InChI=1S/C26H17Cl2IN2O3/c27-25-16-5-1-2-6-17(16)26(28,19-8-4-3-7-18(19)25)22-21(25)23(33)31(24(22)34)13-20(32)30-15-11-9-14(29)10-12-15/h1-12,21-22H,13H2,(H,30,32)/t21-,22-,25?,26?/m0/s1. The minimum Gasteiger partial charge on any atom is -0.325 e. The third kappa shape index (κ3) is 2.76. The first-order valence-corrected chi connectivity index (χ1v) is 12.6. The molecule has 2 bridgehead atoms. The summed E-state index contributed by atoms with van der Waals surface area (Å²) in [6, 6.07) is 22.2. The largest absolute Gasteiger partial charge is 0.325 e. The highest BCUT2D eigenvalue weighted by atomic mass is 127. The Labute approximate surface area is 219 Å². The fourth-order valence-corrected chi connectivity index (χ4v) is 7.22. The summed E-state index contributed by atoms with van der Waals surface area (Å²) in [5, 5.41) is 2.76. The molecule has 1 aliphatic heterocycles. The number of carbonyl (C=O) groups excluding carboxylic acids is 3. The molecule has 170 valence electrons. The van der Waals surface area contributed by atoms with Crippen LogP contribution >= 0.6 is 45.8 Å². The van der Waals surface area contributed by atoms with E-state index in [9.17, 15) is 14.4 Å². The first-order chi connectivity index (χ1) is 16.3. The van der Waals surface area contributed by atoms with Crippen LogP contribution < -0.4 is 5.32 Å². The number of rotatable bonds is 3. The first-order valence-electron chi connectivity index (χ1n) is 10.8. The quantitative estimate of drug-likeness (QED) is 0.266. The van der Waals surface area contributed by atoms with Crippen LogP contribution in [0.5, 0.6) is 0 Å². The van der Waals surface area contributed by atoms with Crippen LogP contribution in [0, 0.1) is 15.4 Å². The van der Waals surface area contributed by atoms with Gasteiger partial charge in [-0.1, -0.05) is 48.5 Å². The van der Waals surface area contributed by atoms with Crippen molar-refractivity contribution in [3.05, 3.63) is 98.6 Å². The molecule has 3 amide bonds. The van der Waals surface area contributed by atoms with E-state index in [1.165, 1.54) is 0 Å². The Morgan fingerprint density at radius 1 is 0.794 bits per heavy atom. The van der Waals surface area contributed by atoms with E-state index in [0.29, 0.717) is 5.69 Å². The summed E-state index contributed by atoms with van der Waals surface area (Å²) >= 11 is 16.9. The van der Waals surface area contributed by atoms with Crippen LogP contribution in [-0.2, 0) is 24.1 Å². The van der Waals surface area contributed by atoms with Crippen molar-refractivity contribution in [2.75, 3.05) is 11.9 Å². The van der Waals surface area contributed by atoms with Gasteiger partial charge in [-0.3, -0.25) is 19.3 Å². The van der Waals surface area contributed by atoms with Crippen molar-refractivity contribution in [3.63, 3.8) is 0 Å². The molecule has 0 radical (unpaired) electrons. The fourth-order valence-electron chi connectivity index (χ4n) is 5.76. The lowest BCUT2D eigenvalue weighted by atomic mass is 9.54. The summed E-state index contributed by atoms with van der Waals surface area (Å²) < 4.78 is 1.03. The van der Waals surface area contributed by atoms with Gasteiger partial charge in [0.1, 0.15) is 16.3 Å². The van der Waals surface area contributed by atoms with Gasteiger partial charge >= 0.3 is 0 Å². The summed E-state index contributed by atoms with van der Waals surface area (Å²) in [6.45, 7) is -0.400. The highest BCUT2D eigenvalue weighted by molar-refractivity contribution is 14.1. The second kappa shape index (κ2) is 7.54. The molecule has 5 nitrogen and oxygen atoms in total. The Balaban J connectivity index is 1.42. The number of hydrogen-bond acceptors (Lipinski definition) is 3. The summed E-state index contributed by atoms with van der Waals surface area (Å²) in [5.41, 5.74) is 3.52. The van der Waals surface area contributed by atoms with Crippen LogP contribution in [0.1, 0.15) is 22.3 Å². The molecule has 1 N–H and O–H groups in total. The Bertz CT molecular complexity index is 1270. The SMILES string of the molecule is O=C(CN1C(=O)[C@@H]2[C@@H](C1=O)C1(Cl)c3ccccc3C2(Cl)c2ccccc21)Nc1ccc(I)cc1. The van der Waals surface area contributed by atoms with Gasteiger partial charge in [-0.05, 0) is 69.1 Å². The van der Waals surface area contributed by atoms with Gasteiger partial charge in [-0.25, -0.2) is 0 Å². The molecule has 8 heteroatoms. The molecule has 3 aromatic rings. The van der Waals surface area contributed by atoms with E-state index < -0.39 is 45.9 Å². The molecule has 7 rings (SSSR count). The lowest BCUT2D eigenvalue weighted by molar-refractivity contribution is -0.142.